The number of rotatable bonds is 9. The molecule has 0 spiro atoms. The maximum absolute atomic E-state index is 12.1. The first-order valence-corrected chi connectivity index (χ1v) is 8.52. The zero-order chi connectivity index (χ0) is 16.7. The molecule has 0 aromatic heterocycles. The van der Waals surface area contributed by atoms with Gasteiger partial charge >= 0.3 is 0 Å². The first kappa shape index (κ1) is 17.9. The normalized spacial score (nSPS) is 21.0. The first-order valence-electron chi connectivity index (χ1n) is 8.52. The lowest BCUT2D eigenvalue weighted by molar-refractivity contribution is -0.121. The monoisotopic (exact) mass is 320 g/mol. The Kier molecular flexibility index (Phi) is 6.55. The van der Waals surface area contributed by atoms with Crippen molar-refractivity contribution in [2.24, 2.45) is 16.1 Å². The number of carbonyl (C=O) groups is 1. The standard InChI is InChI=1S/C17H28N4O2/c1-4-5-7-17(19-20-17)8-6-16(22)18-13-15(14(2)3)21-9-11-23-12-10-21/h1,14-15H,5-13H2,2-3H3,(H,18,22). The van der Waals surface area contributed by atoms with Crippen LogP contribution in [0.25, 0.3) is 0 Å². The maximum atomic E-state index is 12.1. The van der Waals surface area contributed by atoms with Crippen LogP contribution in [0, 0.1) is 18.3 Å². The highest BCUT2D eigenvalue weighted by atomic mass is 16.5. The molecule has 6 heteroatoms. The van der Waals surface area contributed by atoms with E-state index in [1.165, 1.54) is 0 Å². The summed E-state index contributed by atoms with van der Waals surface area (Å²) in [4.78, 5) is 14.5. The molecule has 1 fully saturated rings. The Morgan fingerprint density at radius 3 is 2.61 bits per heavy atom. The molecule has 2 aliphatic rings. The highest BCUT2D eigenvalue weighted by molar-refractivity contribution is 5.76. The molecule has 1 atom stereocenters. The molecule has 1 N–H and O–H groups in total. The quantitative estimate of drug-likeness (QED) is 0.659. The Bertz CT molecular complexity index is 458. The van der Waals surface area contributed by atoms with Crippen molar-refractivity contribution in [3.8, 4) is 12.3 Å². The second-order valence-electron chi connectivity index (χ2n) is 6.65. The minimum absolute atomic E-state index is 0.0706. The van der Waals surface area contributed by atoms with Crippen LogP contribution in [0.2, 0.25) is 0 Å². The van der Waals surface area contributed by atoms with Crippen molar-refractivity contribution in [2.45, 2.75) is 51.2 Å². The van der Waals surface area contributed by atoms with Crippen molar-refractivity contribution in [2.75, 3.05) is 32.8 Å². The fourth-order valence-corrected chi connectivity index (χ4v) is 2.98. The highest BCUT2D eigenvalue weighted by Crippen LogP contribution is 2.37. The summed E-state index contributed by atoms with van der Waals surface area (Å²) in [6.07, 6.45) is 7.78. The number of ether oxygens (including phenoxy) is 1. The molecule has 0 bridgehead atoms. The fourth-order valence-electron chi connectivity index (χ4n) is 2.98. The SMILES string of the molecule is C#CCCC1(CCC(=O)NCC(C(C)C)N2CCOCC2)N=N1. The second-order valence-corrected chi connectivity index (χ2v) is 6.65. The van der Waals surface area contributed by atoms with Crippen LogP contribution in [-0.4, -0.2) is 55.4 Å². The number of amides is 1. The minimum atomic E-state index is -0.370. The summed E-state index contributed by atoms with van der Waals surface area (Å²) >= 11 is 0. The van der Waals surface area contributed by atoms with E-state index < -0.39 is 0 Å². The Balaban J connectivity index is 1.70. The third-order valence-electron chi connectivity index (χ3n) is 4.60. The Morgan fingerprint density at radius 1 is 1.35 bits per heavy atom. The molecule has 6 nitrogen and oxygen atoms in total. The van der Waals surface area contributed by atoms with E-state index in [4.69, 9.17) is 11.2 Å². The van der Waals surface area contributed by atoms with E-state index in [0.717, 1.165) is 32.7 Å². The molecule has 0 radical (unpaired) electrons. The Labute approximate surface area is 139 Å². The topological polar surface area (TPSA) is 66.3 Å². The van der Waals surface area contributed by atoms with Gasteiger partial charge in [0.2, 0.25) is 5.91 Å². The van der Waals surface area contributed by atoms with E-state index >= 15 is 0 Å². The smallest absolute Gasteiger partial charge is 0.220 e. The molecule has 2 rings (SSSR count). The van der Waals surface area contributed by atoms with Gasteiger partial charge in [-0.15, -0.1) is 12.3 Å². The number of nitrogens with one attached hydrogen (secondary N) is 1. The second kappa shape index (κ2) is 8.42. The lowest BCUT2D eigenvalue weighted by Crippen LogP contribution is -2.51. The van der Waals surface area contributed by atoms with E-state index in [0.29, 0.717) is 37.8 Å². The van der Waals surface area contributed by atoms with Gasteiger partial charge in [-0.2, -0.15) is 10.2 Å². The average molecular weight is 320 g/mol. The first-order chi connectivity index (χ1) is 11.1. The molecule has 0 aromatic rings. The fraction of sp³-hybridized carbons (Fsp3) is 0.824. The Hall–Kier alpha value is -1.45. The molecule has 128 valence electrons. The number of nitrogens with zero attached hydrogens (tertiary/aromatic N) is 3. The van der Waals surface area contributed by atoms with E-state index in [1.54, 1.807) is 0 Å². The van der Waals surface area contributed by atoms with Crippen LogP contribution in [0.5, 0.6) is 0 Å². The van der Waals surface area contributed by atoms with Gasteiger partial charge in [0.15, 0.2) is 5.66 Å². The third kappa shape index (κ3) is 5.60. The number of morpholine rings is 1. The van der Waals surface area contributed by atoms with Crippen LogP contribution in [-0.2, 0) is 9.53 Å². The van der Waals surface area contributed by atoms with Crippen LogP contribution in [0.1, 0.15) is 39.5 Å². The molecule has 1 unspecified atom stereocenters. The van der Waals surface area contributed by atoms with E-state index in [9.17, 15) is 4.79 Å². The number of carbonyl (C=O) groups excluding carboxylic acids is 1. The van der Waals surface area contributed by atoms with Gasteiger partial charge in [-0.25, -0.2) is 0 Å². The molecular formula is C17H28N4O2. The van der Waals surface area contributed by atoms with Crippen molar-refractivity contribution in [3.05, 3.63) is 0 Å². The number of hydrogen-bond donors (Lipinski definition) is 1. The van der Waals surface area contributed by atoms with Crippen molar-refractivity contribution in [3.63, 3.8) is 0 Å². The molecule has 1 saturated heterocycles. The van der Waals surface area contributed by atoms with Gasteiger partial charge in [0, 0.05) is 51.4 Å². The van der Waals surface area contributed by atoms with Gasteiger partial charge in [0.05, 0.1) is 13.2 Å². The molecule has 0 saturated carbocycles. The van der Waals surface area contributed by atoms with E-state index in [1.807, 2.05) is 0 Å². The van der Waals surface area contributed by atoms with Gasteiger partial charge in [-0.05, 0) is 5.92 Å². The molecule has 2 heterocycles. The molecule has 23 heavy (non-hydrogen) atoms. The summed E-state index contributed by atoms with van der Waals surface area (Å²) in [5, 5.41) is 11.2. The summed E-state index contributed by atoms with van der Waals surface area (Å²) in [5.74, 6) is 3.16. The van der Waals surface area contributed by atoms with Gasteiger partial charge in [-0.3, -0.25) is 9.69 Å². The Morgan fingerprint density at radius 2 is 2.04 bits per heavy atom. The molecule has 0 aliphatic carbocycles. The van der Waals surface area contributed by atoms with Crippen LogP contribution in [0.3, 0.4) is 0 Å². The van der Waals surface area contributed by atoms with Gasteiger partial charge in [0.25, 0.3) is 0 Å². The van der Waals surface area contributed by atoms with Crippen LogP contribution in [0.15, 0.2) is 10.2 Å². The summed E-state index contributed by atoms with van der Waals surface area (Å²) < 4.78 is 5.41. The third-order valence-corrected chi connectivity index (χ3v) is 4.60. The largest absolute Gasteiger partial charge is 0.379 e. The molecule has 1 amide bonds. The highest BCUT2D eigenvalue weighted by Gasteiger charge is 2.39. The zero-order valence-electron chi connectivity index (χ0n) is 14.3. The van der Waals surface area contributed by atoms with E-state index in [-0.39, 0.29) is 11.6 Å². The summed E-state index contributed by atoms with van der Waals surface area (Å²) in [5.41, 5.74) is -0.370. The summed E-state index contributed by atoms with van der Waals surface area (Å²) in [6, 6.07) is 0.355. The van der Waals surface area contributed by atoms with Crippen molar-refractivity contribution in [1.29, 1.82) is 0 Å². The number of hydrogen-bond acceptors (Lipinski definition) is 5. The lowest BCUT2D eigenvalue weighted by Gasteiger charge is -2.36. The van der Waals surface area contributed by atoms with E-state index in [2.05, 4.69) is 40.2 Å². The van der Waals surface area contributed by atoms with Crippen molar-refractivity contribution >= 4 is 5.91 Å². The molecule has 0 aromatic carbocycles. The maximum Gasteiger partial charge on any atom is 0.220 e. The van der Waals surface area contributed by atoms with Gasteiger partial charge in [-0.1, -0.05) is 13.8 Å². The number of terminal acetylenes is 1. The molecule has 2 aliphatic heterocycles. The van der Waals surface area contributed by atoms with Gasteiger partial charge in [0.1, 0.15) is 0 Å². The van der Waals surface area contributed by atoms with Crippen molar-refractivity contribution < 1.29 is 9.53 Å². The van der Waals surface area contributed by atoms with Crippen LogP contribution < -0.4 is 5.32 Å². The van der Waals surface area contributed by atoms with Crippen molar-refractivity contribution in [1.82, 2.24) is 10.2 Å². The van der Waals surface area contributed by atoms with Gasteiger partial charge < -0.3 is 10.1 Å². The zero-order valence-corrected chi connectivity index (χ0v) is 14.3. The summed E-state index contributed by atoms with van der Waals surface area (Å²) in [6.45, 7) is 8.50. The lowest BCUT2D eigenvalue weighted by atomic mass is 10.0. The minimum Gasteiger partial charge on any atom is -0.379 e. The molecular weight excluding hydrogens is 292 g/mol. The van der Waals surface area contributed by atoms with Crippen LogP contribution in [0.4, 0.5) is 0 Å². The average Bonchev–Trinajstić information content (AvgIpc) is 3.32. The predicted octanol–water partition coefficient (Wildman–Crippen LogP) is 1.82. The van der Waals surface area contributed by atoms with Crippen LogP contribution >= 0.6 is 0 Å². The summed E-state index contributed by atoms with van der Waals surface area (Å²) in [7, 11) is 0. The predicted molar refractivity (Wildman–Crippen MR) is 88.9 cm³/mol.